The Kier molecular flexibility index (Phi) is 1.65. The van der Waals surface area contributed by atoms with Crippen LogP contribution >= 0.6 is 11.6 Å². The van der Waals surface area contributed by atoms with Gasteiger partial charge in [0.25, 0.3) is 0 Å². The summed E-state index contributed by atoms with van der Waals surface area (Å²) in [6, 6.07) is 8.49. The van der Waals surface area contributed by atoms with E-state index in [1.54, 1.807) is 0 Å². The largest absolute Gasteiger partial charge is 0.122 e. The van der Waals surface area contributed by atoms with Gasteiger partial charge in [0.15, 0.2) is 0 Å². The van der Waals surface area contributed by atoms with Gasteiger partial charge in [0, 0.05) is 11.3 Å². The van der Waals surface area contributed by atoms with Crippen molar-refractivity contribution in [2.45, 2.75) is 24.6 Å². The molecule has 1 fully saturated rings. The van der Waals surface area contributed by atoms with E-state index in [0.29, 0.717) is 11.3 Å². The Labute approximate surface area is 72.2 Å². The number of hydrogen-bond donors (Lipinski definition) is 0. The fourth-order valence-corrected chi connectivity index (χ4v) is 1.82. The lowest BCUT2D eigenvalue weighted by Gasteiger charge is -2.01. The SMILES string of the molecule is Cc1ccccc1[C@@H]1C[C@H]1Cl. The monoisotopic (exact) mass is 166 g/mol. The molecule has 1 aromatic rings. The van der Waals surface area contributed by atoms with Crippen LogP contribution in [0.2, 0.25) is 0 Å². The third-order valence-electron chi connectivity index (χ3n) is 2.30. The minimum absolute atomic E-state index is 0.399. The third-order valence-corrected chi connectivity index (χ3v) is 2.78. The molecule has 2 rings (SSSR count). The van der Waals surface area contributed by atoms with Crippen LogP contribution in [0.1, 0.15) is 23.5 Å². The normalized spacial score (nSPS) is 28.5. The van der Waals surface area contributed by atoms with Gasteiger partial charge in [-0.3, -0.25) is 0 Å². The zero-order valence-electron chi connectivity index (χ0n) is 6.55. The molecular weight excluding hydrogens is 156 g/mol. The molecule has 0 unspecified atom stereocenters. The van der Waals surface area contributed by atoms with E-state index >= 15 is 0 Å². The van der Waals surface area contributed by atoms with E-state index in [-0.39, 0.29) is 0 Å². The molecule has 0 saturated heterocycles. The molecule has 0 N–H and O–H groups in total. The van der Waals surface area contributed by atoms with Crippen molar-refractivity contribution in [1.82, 2.24) is 0 Å². The van der Waals surface area contributed by atoms with Gasteiger partial charge in [0.1, 0.15) is 0 Å². The highest BCUT2D eigenvalue weighted by atomic mass is 35.5. The van der Waals surface area contributed by atoms with E-state index in [9.17, 15) is 0 Å². The first-order valence-electron chi connectivity index (χ1n) is 3.98. The summed E-state index contributed by atoms with van der Waals surface area (Å²) in [5.74, 6) is 0.637. The highest BCUT2D eigenvalue weighted by Gasteiger charge is 2.36. The Morgan fingerprint density at radius 1 is 1.36 bits per heavy atom. The fourth-order valence-electron chi connectivity index (χ4n) is 1.49. The van der Waals surface area contributed by atoms with Gasteiger partial charge in [-0.1, -0.05) is 24.3 Å². The second-order valence-electron chi connectivity index (χ2n) is 3.21. The number of hydrogen-bond acceptors (Lipinski definition) is 0. The third kappa shape index (κ3) is 1.28. The minimum atomic E-state index is 0.399. The maximum absolute atomic E-state index is 5.96. The van der Waals surface area contributed by atoms with Crippen molar-refractivity contribution in [2.24, 2.45) is 0 Å². The summed E-state index contributed by atoms with van der Waals surface area (Å²) >= 11 is 5.96. The van der Waals surface area contributed by atoms with Crippen LogP contribution in [0.3, 0.4) is 0 Å². The van der Waals surface area contributed by atoms with Gasteiger partial charge in [-0.05, 0) is 24.5 Å². The van der Waals surface area contributed by atoms with Gasteiger partial charge in [0.05, 0.1) is 0 Å². The lowest BCUT2D eigenvalue weighted by molar-refractivity contribution is 1.10. The first-order chi connectivity index (χ1) is 5.29. The molecule has 0 amide bonds. The summed E-state index contributed by atoms with van der Waals surface area (Å²) in [6.45, 7) is 2.15. The molecule has 0 aliphatic heterocycles. The van der Waals surface area contributed by atoms with Crippen molar-refractivity contribution < 1.29 is 0 Å². The van der Waals surface area contributed by atoms with Gasteiger partial charge < -0.3 is 0 Å². The zero-order chi connectivity index (χ0) is 7.84. The molecule has 0 heterocycles. The standard InChI is InChI=1S/C10H11Cl/c1-7-4-2-3-5-8(7)9-6-10(9)11/h2-5,9-10H,6H2,1H3/t9-,10+/m0/s1. The van der Waals surface area contributed by atoms with E-state index < -0.39 is 0 Å². The topological polar surface area (TPSA) is 0 Å². The van der Waals surface area contributed by atoms with E-state index in [1.807, 2.05) is 0 Å². The number of aryl methyl sites for hydroxylation is 1. The van der Waals surface area contributed by atoms with Gasteiger partial charge in [-0.2, -0.15) is 0 Å². The molecule has 0 bridgehead atoms. The predicted molar refractivity (Wildman–Crippen MR) is 48.2 cm³/mol. The maximum atomic E-state index is 5.96. The highest BCUT2D eigenvalue weighted by molar-refractivity contribution is 6.23. The molecule has 0 spiro atoms. The van der Waals surface area contributed by atoms with E-state index in [4.69, 9.17) is 11.6 Å². The zero-order valence-corrected chi connectivity index (χ0v) is 7.31. The van der Waals surface area contributed by atoms with Crippen LogP contribution in [0.15, 0.2) is 24.3 Å². The lowest BCUT2D eigenvalue weighted by atomic mass is 10.1. The molecule has 1 aliphatic rings. The molecule has 1 saturated carbocycles. The number of halogens is 1. The molecule has 1 heteroatoms. The second-order valence-corrected chi connectivity index (χ2v) is 3.78. The van der Waals surface area contributed by atoms with Crippen molar-refractivity contribution in [1.29, 1.82) is 0 Å². The predicted octanol–water partition coefficient (Wildman–Crippen LogP) is 3.09. The average molecular weight is 167 g/mol. The van der Waals surface area contributed by atoms with Gasteiger partial charge in [-0.25, -0.2) is 0 Å². The number of benzene rings is 1. The maximum Gasteiger partial charge on any atom is 0.0411 e. The quantitative estimate of drug-likeness (QED) is 0.563. The van der Waals surface area contributed by atoms with Gasteiger partial charge in [-0.15, -0.1) is 11.6 Å². The molecule has 11 heavy (non-hydrogen) atoms. The molecule has 58 valence electrons. The second kappa shape index (κ2) is 2.53. The first-order valence-corrected chi connectivity index (χ1v) is 4.42. The summed E-state index contributed by atoms with van der Waals surface area (Å²) in [4.78, 5) is 0. The lowest BCUT2D eigenvalue weighted by Crippen LogP contribution is -1.85. The Morgan fingerprint density at radius 2 is 2.00 bits per heavy atom. The van der Waals surface area contributed by atoms with Crippen LogP contribution < -0.4 is 0 Å². The average Bonchev–Trinajstić information content (AvgIpc) is 2.68. The Bertz CT molecular complexity index is 267. The van der Waals surface area contributed by atoms with Crippen LogP contribution in [0.5, 0.6) is 0 Å². The highest BCUT2D eigenvalue weighted by Crippen LogP contribution is 2.46. The molecule has 1 aromatic carbocycles. The fraction of sp³-hybridized carbons (Fsp3) is 0.400. The smallest absolute Gasteiger partial charge is 0.0411 e. The van der Waals surface area contributed by atoms with Crippen molar-refractivity contribution >= 4 is 11.6 Å². The summed E-state index contributed by atoms with van der Waals surface area (Å²) in [5.41, 5.74) is 2.81. The molecule has 0 nitrogen and oxygen atoms in total. The Morgan fingerprint density at radius 3 is 2.55 bits per heavy atom. The minimum Gasteiger partial charge on any atom is -0.122 e. The summed E-state index contributed by atoms with van der Waals surface area (Å²) < 4.78 is 0. The summed E-state index contributed by atoms with van der Waals surface area (Å²) in [5, 5.41) is 0.399. The summed E-state index contributed by atoms with van der Waals surface area (Å²) in [7, 11) is 0. The Balaban J connectivity index is 2.31. The summed E-state index contributed by atoms with van der Waals surface area (Å²) in [6.07, 6.45) is 1.16. The molecule has 0 aromatic heterocycles. The van der Waals surface area contributed by atoms with Crippen LogP contribution in [-0.4, -0.2) is 5.38 Å². The van der Waals surface area contributed by atoms with Crippen LogP contribution in [0.25, 0.3) is 0 Å². The van der Waals surface area contributed by atoms with E-state index in [2.05, 4.69) is 31.2 Å². The van der Waals surface area contributed by atoms with Crippen molar-refractivity contribution in [2.75, 3.05) is 0 Å². The molecular formula is C10H11Cl. The number of rotatable bonds is 1. The van der Waals surface area contributed by atoms with Gasteiger partial charge in [0.2, 0.25) is 0 Å². The van der Waals surface area contributed by atoms with E-state index in [0.717, 1.165) is 6.42 Å². The van der Waals surface area contributed by atoms with Gasteiger partial charge >= 0.3 is 0 Å². The van der Waals surface area contributed by atoms with E-state index in [1.165, 1.54) is 11.1 Å². The van der Waals surface area contributed by atoms with Crippen molar-refractivity contribution in [3.8, 4) is 0 Å². The molecule has 2 atom stereocenters. The first kappa shape index (κ1) is 7.17. The number of alkyl halides is 1. The molecule has 1 aliphatic carbocycles. The van der Waals surface area contributed by atoms with Crippen LogP contribution in [0.4, 0.5) is 0 Å². The van der Waals surface area contributed by atoms with Crippen LogP contribution in [0, 0.1) is 6.92 Å². The molecule has 0 radical (unpaired) electrons. The van der Waals surface area contributed by atoms with Crippen LogP contribution in [-0.2, 0) is 0 Å². The van der Waals surface area contributed by atoms with Crippen molar-refractivity contribution in [3.05, 3.63) is 35.4 Å². The Hall–Kier alpha value is -0.490. The van der Waals surface area contributed by atoms with Crippen molar-refractivity contribution in [3.63, 3.8) is 0 Å².